The lowest BCUT2D eigenvalue weighted by molar-refractivity contribution is 0.867. The smallest absolute Gasteiger partial charge is 0.137 e. The molecule has 0 aliphatic heterocycles. The Hall–Kier alpha value is -1.08. The van der Waals surface area contributed by atoms with Crippen LogP contribution in [0.4, 0.5) is 0 Å². The van der Waals surface area contributed by atoms with Crippen molar-refractivity contribution in [2.45, 2.75) is 31.7 Å². The largest absolute Gasteiger partial charge is 0.192 e. The summed E-state index contributed by atoms with van der Waals surface area (Å²) in [5.41, 5.74) is 2.52. The summed E-state index contributed by atoms with van der Waals surface area (Å²) in [4.78, 5) is 0. The highest BCUT2D eigenvalue weighted by atomic mass is 32.2. The number of hydrogen-bond acceptors (Lipinski definition) is 4. The van der Waals surface area contributed by atoms with Gasteiger partial charge in [0.25, 0.3) is 0 Å². The highest BCUT2D eigenvalue weighted by Crippen LogP contribution is 2.35. The molecule has 4 heteroatoms. The minimum absolute atomic E-state index is 0.702. The summed E-state index contributed by atoms with van der Waals surface area (Å²) in [5.74, 6) is 1.91. The topological polar surface area (TPSA) is 49.6 Å². The first-order valence-electron chi connectivity index (χ1n) is 5.09. The number of aromatic nitrogens is 2. The minimum Gasteiger partial charge on any atom is -0.192 e. The predicted molar refractivity (Wildman–Crippen MR) is 59.7 cm³/mol. The van der Waals surface area contributed by atoms with Crippen LogP contribution in [0, 0.1) is 31.1 Å². The van der Waals surface area contributed by atoms with Crippen molar-refractivity contribution in [3.8, 4) is 6.07 Å². The van der Waals surface area contributed by atoms with E-state index < -0.39 is 0 Å². The average Bonchev–Trinajstić information content (AvgIpc) is 3.03. The molecule has 1 heterocycles. The molecule has 2 rings (SSSR count). The van der Waals surface area contributed by atoms with Gasteiger partial charge in [0.15, 0.2) is 0 Å². The quantitative estimate of drug-likeness (QED) is 0.733. The molecule has 1 fully saturated rings. The van der Waals surface area contributed by atoms with Crippen molar-refractivity contribution in [3.63, 3.8) is 0 Å². The van der Waals surface area contributed by atoms with Crippen molar-refractivity contribution in [2.24, 2.45) is 5.92 Å². The van der Waals surface area contributed by atoms with Gasteiger partial charge in [0, 0.05) is 5.75 Å². The van der Waals surface area contributed by atoms with E-state index in [0.29, 0.717) is 5.56 Å². The molecule has 0 atom stereocenters. The van der Waals surface area contributed by atoms with Crippen molar-refractivity contribution in [1.29, 1.82) is 5.26 Å². The Morgan fingerprint density at radius 1 is 1.40 bits per heavy atom. The van der Waals surface area contributed by atoms with Crippen LogP contribution in [0.15, 0.2) is 5.03 Å². The molecule has 0 N–H and O–H groups in total. The van der Waals surface area contributed by atoms with Gasteiger partial charge in [-0.1, -0.05) is 0 Å². The zero-order valence-electron chi connectivity index (χ0n) is 8.95. The van der Waals surface area contributed by atoms with Crippen molar-refractivity contribution in [1.82, 2.24) is 10.2 Å². The number of thioether (sulfide) groups is 1. The lowest BCUT2D eigenvalue weighted by Gasteiger charge is -2.05. The first-order chi connectivity index (χ1) is 7.22. The van der Waals surface area contributed by atoms with Gasteiger partial charge < -0.3 is 0 Å². The van der Waals surface area contributed by atoms with Gasteiger partial charge in [-0.25, -0.2) is 0 Å². The third-order valence-corrected chi connectivity index (χ3v) is 3.88. The maximum atomic E-state index is 9.07. The molecule has 1 aliphatic carbocycles. The van der Waals surface area contributed by atoms with Gasteiger partial charge in [0.05, 0.1) is 11.3 Å². The van der Waals surface area contributed by atoms with E-state index in [9.17, 15) is 0 Å². The highest BCUT2D eigenvalue weighted by molar-refractivity contribution is 7.99. The molecule has 1 aromatic rings. The first kappa shape index (κ1) is 10.4. The first-order valence-corrected chi connectivity index (χ1v) is 6.07. The van der Waals surface area contributed by atoms with Crippen molar-refractivity contribution in [3.05, 3.63) is 16.8 Å². The summed E-state index contributed by atoms with van der Waals surface area (Å²) < 4.78 is 0. The Kier molecular flexibility index (Phi) is 2.92. The van der Waals surface area contributed by atoms with Crippen LogP contribution in [-0.2, 0) is 0 Å². The van der Waals surface area contributed by atoms with Gasteiger partial charge in [-0.15, -0.1) is 16.9 Å². The summed E-state index contributed by atoms with van der Waals surface area (Å²) in [5, 5.41) is 18.0. The number of nitriles is 1. The summed E-state index contributed by atoms with van der Waals surface area (Å²) in [6.07, 6.45) is 2.65. The number of nitrogens with zero attached hydrogens (tertiary/aromatic N) is 3. The second-order valence-electron chi connectivity index (χ2n) is 3.96. The molecule has 1 aliphatic rings. The van der Waals surface area contributed by atoms with Gasteiger partial charge in [0.1, 0.15) is 11.1 Å². The summed E-state index contributed by atoms with van der Waals surface area (Å²) in [6.45, 7) is 3.82. The van der Waals surface area contributed by atoms with Crippen LogP contribution in [0.5, 0.6) is 0 Å². The van der Waals surface area contributed by atoms with Crippen molar-refractivity contribution < 1.29 is 0 Å². The van der Waals surface area contributed by atoms with Crippen LogP contribution in [-0.4, -0.2) is 16.0 Å². The molecule has 0 aromatic carbocycles. The molecule has 0 spiro atoms. The normalized spacial score (nSPS) is 15.0. The monoisotopic (exact) mass is 219 g/mol. The second kappa shape index (κ2) is 4.19. The Morgan fingerprint density at radius 2 is 2.13 bits per heavy atom. The minimum atomic E-state index is 0.702. The Balaban J connectivity index is 2.21. The van der Waals surface area contributed by atoms with E-state index in [-0.39, 0.29) is 0 Å². The van der Waals surface area contributed by atoms with E-state index in [1.807, 2.05) is 13.8 Å². The van der Waals surface area contributed by atoms with Crippen LogP contribution in [0.25, 0.3) is 0 Å². The molecule has 0 unspecified atom stereocenters. The molecular formula is C11H13N3S. The van der Waals surface area contributed by atoms with E-state index in [2.05, 4.69) is 16.3 Å². The molecule has 1 aromatic heterocycles. The number of hydrogen-bond donors (Lipinski definition) is 0. The standard InChI is InChI=1S/C11H13N3S/c1-7-8(2)13-14-11(10(7)5-12)15-6-9-3-4-9/h9H,3-4,6H2,1-2H3. The van der Waals surface area contributed by atoms with Crippen molar-refractivity contribution >= 4 is 11.8 Å². The third kappa shape index (κ3) is 2.29. The van der Waals surface area contributed by atoms with E-state index in [4.69, 9.17) is 5.26 Å². The molecule has 0 radical (unpaired) electrons. The molecule has 3 nitrogen and oxygen atoms in total. The number of aryl methyl sites for hydroxylation is 1. The molecule has 0 amide bonds. The van der Waals surface area contributed by atoms with Gasteiger partial charge >= 0.3 is 0 Å². The lowest BCUT2D eigenvalue weighted by Crippen LogP contribution is -1.99. The Bertz CT molecular complexity index is 419. The molecule has 0 bridgehead atoms. The van der Waals surface area contributed by atoms with Crippen LogP contribution in [0.2, 0.25) is 0 Å². The summed E-state index contributed by atoms with van der Waals surface area (Å²) in [6, 6.07) is 2.23. The van der Waals surface area contributed by atoms with Crippen LogP contribution >= 0.6 is 11.8 Å². The van der Waals surface area contributed by atoms with E-state index in [0.717, 1.165) is 28.0 Å². The number of rotatable bonds is 3. The van der Waals surface area contributed by atoms with E-state index in [1.165, 1.54) is 12.8 Å². The Labute approximate surface area is 93.9 Å². The second-order valence-corrected chi connectivity index (χ2v) is 4.97. The fraction of sp³-hybridized carbons (Fsp3) is 0.545. The maximum Gasteiger partial charge on any atom is 0.137 e. The molecule has 78 valence electrons. The van der Waals surface area contributed by atoms with E-state index in [1.54, 1.807) is 11.8 Å². The van der Waals surface area contributed by atoms with Crippen LogP contribution in [0.1, 0.15) is 29.7 Å². The maximum absolute atomic E-state index is 9.07. The molecule has 0 saturated heterocycles. The zero-order valence-corrected chi connectivity index (χ0v) is 9.77. The van der Waals surface area contributed by atoms with Gasteiger partial charge in [-0.05, 0) is 38.2 Å². The summed E-state index contributed by atoms with van der Waals surface area (Å²) >= 11 is 1.67. The Morgan fingerprint density at radius 3 is 2.73 bits per heavy atom. The molecule has 1 saturated carbocycles. The van der Waals surface area contributed by atoms with Gasteiger partial charge in [-0.3, -0.25) is 0 Å². The predicted octanol–water partition coefficient (Wildman–Crippen LogP) is 2.47. The van der Waals surface area contributed by atoms with E-state index >= 15 is 0 Å². The van der Waals surface area contributed by atoms with Crippen LogP contribution < -0.4 is 0 Å². The average molecular weight is 219 g/mol. The zero-order chi connectivity index (χ0) is 10.8. The molecule has 15 heavy (non-hydrogen) atoms. The summed E-state index contributed by atoms with van der Waals surface area (Å²) in [7, 11) is 0. The van der Waals surface area contributed by atoms with Crippen LogP contribution in [0.3, 0.4) is 0 Å². The van der Waals surface area contributed by atoms with Crippen molar-refractivity contribution in [2.75, 3.05) is 5.75 Å². The van der Waals surface area contributed by atoms with Gasteiger partial charge in [0.2, 0.25) is 0 Å². The fourth-order valence-electron chi connectivity index (χ4n) is 1.30. The molecular weight excluding hydrogens is 206 g/mol. The third-order valence-electron chi connectivity index (χ3n) is 2.69. The fourth-order valence-corrected chi connectivity index (χ4v) is 2.47. The lowest BCUT2D eigenvalue weighted by atomic mass is 10.1. The SMILES string of the molecule is Cc1nnc(SCC2CC2)c(C#N)c1C. The highest BCUT2D eigenvalue weighted by Gasteiger charge is 2.22. The van der Waals surface area contributed by atoms with Gasteiger partial charge in [-0.2, -0.15) is 10.4 Å².